The largest absolute Gasteiger partial charge is 0.543 e. The lowest BCUT2D eigenvalue weighted by Gasteiger charge is -2.51. The molecule has 4 heterocycles. The fraction of sp³-hybridized carbons (Fsp3) is 0.235. The first-order valence-electron chi connectivity index (χ1n) is 15.4. The number of benzene rings is 2. The van der Waals surface area contributed by atoms with Gasteiger partial charge in [-0.3, -0.25) is 24.1 Å². The van der Waals surface area contributed by atoms with Crippen LogP contribution in [0.4, 0.5) is 10.1 Å². The number of amides is 4. The van der Waals surface area contributed by atoms with Gasteiger partial charge < -0.3 is 31.0 Å². The van der Waals surface area contributed by atoms with E-state index in [0.717, 1.165) is 17.0 Å². The lowest BCUT2D eigenvalue weighted by atomic mass is 9.90. The molecule has 3 aromatic rings. The molecule has 4 N–H and O–H groups in total. The van der Waals surface area contributed by atoms with Crippen LogP contribution in [0, 0.1) is 5.82 Å². The second kappa shape index (κ2) is 15.4. The van der Waals surface area contributed by atoms with Crippen LogP contribution >= 0.6 is 46.7 Å². The number of carbonyl (C=O) groups is 5. The molecule has 264 valence electrons. The quantitative estimate of drug-likeness (QED) is 0.0751. The third-order valence-electron chi connectivity index (χ3n) is 8.30. The number of nitrogens with zero attached hydrogens (tertiary/aromatic N) is 2. The van der Waals surface area contributed by atoms with Crippen LogP contribution in [0.3, 0.4) is 0 Å². The number of aliphatic carboxylic acids is 1. The zero-order valence-corrected chi connectivity index (χ0v) is 29.6. The highest BCUT2D eigenvalue weighted by Gasteiger charge is 2.53. The maximum absolute atomic E-state index is 13.6. The van der Waals surface area contributed by atoms with Crippen molar-refractivity contribution in [2.24, 2.45) is 0 Å². The molecule has 1 aromatic heterocycles. The summed E-state index contributed by atoms with van der Waals surface area (Å²) in [6.07, 6.45) is 3.76. The summed E-state index contributed by atoms with van der Waals surface area (Å²) in [7, 11) is 0. The van der Waals surface area contributed by atoms with Gasteiger partial charge in [0, 0.05) is 46.7 Å². The number of phenolic OH excluding ortho intramolecular Hbond substituents is 1. The van der Waals surface area contributed by atoms with E-state index in [1.165, 1.54) is 29.6 Å². The van der Waals surface area contributed by atoms with Gasteiger partial charge >= 0.3 is 0 Å². The van der Waals surface area contributed by atoms with Crippen molar-refractivity contribution >= 4 is 82.0 Å². The SMILES string of the molecule is O=C(C[n+]1ccc(CC(=C2CCNC2=O)C2=C(C(=O)[O-])N3C(=O)[C@@H](NC(=O)CSc4ccc(Cl)c(Cl)c4)[C@H]3SC2)cc1)Nc1ccc(O)c(F)c1. The van der Waals surface area contributed by atoms with Crippen molar-refractivity contribution < 1.29 is 43.1 Å². The Morgan fingerprint density at radius 3 is 2.51 bits per heavy atom. The van der Waals surface area contributed by atoms with Crippen molar-refractivity contribution in [3.8, 4) is 5.75 Å². The number of thioether (sulfide) groups is 2. The van der Waals surface area contributed by atoms with E-state index in [0.29, 0.717) is 44.6 Å². The van der Waals surface area contributed by atoms with E-state index >= 15 is 0 Å². The molecule has 17 heteroatoms. The number of fused-ring (bicyclic) bond motifs is 1. The summed E-state index contributed by atoms with van der Waals surface area (Å²) in [4.78, 5) is 66.0. The summed E-state index contributed by atoms with van der Waals surface area (Å²) in [5, 5.41) is 30.0. The third-order valence-corrected chi connectivity index (χ3v) is 11.3. The highest BCUT2D eigenvalue weighted by molar-refractivity contribution is 8.00. The van der Waals surface area contributed by atoms with Crippen LogP contribution in [0.5, 0.6) is 5.75 Å². The number of nitrogens with one attached hydrogen (secondary N) is 3. The predicted octanol–water partition coefficient (Wildman–Crippen LogP) is 2.32. The van der Waals surface area contributed by atoms with Gasteiger partial charge in [0.25, 0.3) is 11.8 Å². The van der Waals surface area contributed by atoms with Crippen molar-refractivity contribution in [2.75, 3.05) is 23.4 Å². The highest BCUT2D eigenvalue weighted by Crippen LogP contribution is 2.43. The fourth-order valence-corrected chi connectivity index (χ4v) is 8.33. The van der Waals surface area contributed by atoms with Gasteiger partial charge in [-0.1, -0.05) is 23.2 Å². The third kappa shape index (κ3) is 8.01. The van der Waals surface area contributed by atoms with Gasteiger partial charge in [0.1, 0.15) is 11.4 Å². The minimum absolute atomic E-state index is 0.0148. The molecule has 0 bridgehead atoms. The zero-order valence-electron chi connectivity index (χ0n) is 26.4. The Labute approximate surface area is 309 Å². The van der Waals surface area contributed by atoms with E-state index in [2.05, 4.69) is 16.0 Å². The smallest absolute Gasteiger partial charge is 0.290 e. The molecule has 51 heavy (non-hydrogen) atoms. The molecule has 2 aromatic carbocycles. The van der Waals surface area contributed by atoms with Gasteiger partial charge in [-0.25, -0.2) is 4.39 Å². The molecule has 3 aliphatic rings. The Morgan fingerprint density at radius 1 is 1.08 bits per heavy atom. The number of rotatable bonds is 11. The molecule has 0 aliphatic carbocycles. The second-order valence-corrected chi connectivity index (χ2v) is 14.6. The van der Waals surface area contributed by atoms with Crippen LogP contribution in [-0.2, 0) is 36.9 Å². The number of carboxylic acids is 1. The summed E-state index contributed by atoms with van der Waals surface area (Å²) in [5.41, 5.74) is 1.68. The molecule has 6 rings (SSSR count). The number of carboxylic acid groups (broad SMARTS) is 1. The van der Waals surface area contributed by atoms with Crippen LogP contribution in [-0.4, -0.2) is 69.1 Å². The number of aromatic nitrogens is 1. The number of hydrogen-bond acceptors (Lipinski definition) is 9. The Morgan fingerprint density at radius 2 is 1.84 bits per heavy atom. The summed E-state index contributed by atoms with van der Waals surface area (Å²) in [5.74, 6) is -4.67. The molecule has 0 saturated carbocycles. The number of carbonyl (C=O) groups excluding carboxylic acids is 5. The molecule has 2 fully saturated rings. The topological polar surface area (TPSA) is 172 Å². The van der Waals surface area contributed by atoms with Gasteiger partial charge in [-0.05, 0) is 59.9 Å². The molecule has 0 radical (unpaired) electrons. The van der Waals surface area contributed by atoms with Crippen LogP contribution in [0.1, 0.15) is 12.0 Å². The first kappa shape index (κ1) is 36.2. The van der Waals surface area contributed by atoms with Gasteiger partial charge in [-0.2, -0.15) is 4.57 Å². The lowest BCUT2D eigenvalue weighted by molar-refractivity contribution is -0.684. The van der Waals surface area contributed by atoms with Crippen molar-refractivity contribution in [1.29, 1.82) is 0 Å². The molecule has 0 unspecified atom stereocenters. The van der Waals surface area contributed by atoms with E-state index in [-0.39, 0.29) is 47.3 Å². The number of β-lactam (4-membered cyclic amide) rings is 1. The van der Waals surface area contributed by atoms with E-state index in [9.17, 15) is 38.6 Å². The van der Waals surface area contributed by atoms with Crippen LogP contribution in [0.25, 0.3) is 0 Å². The summed E-state index contributed by atoms with van der Waals surface area (Å²) in [6.45, 7) is 0.257. The number of allylic oxidation sites excluding steroid dienone is 1. The van der Waals surface area contributed by atoms with Crippen molar-refractivity contribution in [3.63, 3.8) is 0 Å². The molecule has 12 nitrogen and oxygen atoms in total. The standard InChI is InChI=1S/C34H28Cl2FN5O7S2/c35-23-3-2-19(13-24(23)36)50-16-28(45)40-29-32(47)42-30(34(48)49)22(15-51-33(29)42)21(20-5-8-38-31(20)46)11-17-6-9-41(10-7-17)14-27(44)39-18-1-4-26(43)25(37)12-18/h1-4,6-7,9-10,12-13,29,33H,5,8,11,14-16H2,(H4-,38,39,40,43,44,45,46,48,49)/t29-,33-/m1/s1. The van der Waals surface area contributed by atoms with Crippen LogP contribution < -0.4 is 25.6 Å². The maximum atomic E-state index is 13.6. The molecule has 0 spiro atoms. The van der Waals surface area contributed by atoms with Crippen molar-refractivity contribution in [2.45, 2.75) is 35.7 Å². The minimum Gasteiger partial charge on any atom is -0.543 e. The first-order valence-corrected chi connectivity index (χ1v) is 18.2. The van der Waals surface area contributed by atoms with Crippen molar-refractivity contribution in [1.82, 2.24) is 15.5 Å². The Balaban J connectivity index is 1.16. The average Bonchev–Trinajstić information content (AvgIpc) is 3.53. The molecular weight excluding hydrogens is 744 g/mol. The number of pyridine rings is 1. The van der Waals surface area contributed by atoms with E-state index < -0.39 is 46.7 Å². The minimum atomic E-state index is -1.58. The number of hydrogen-bond donors (Lipinski definition) is 4. The Hall–Kier alpha value is -4.57. The Kier molecular flexibility index (Phi) is 10.9. The molecule has 2 saturated heterocycles. The predicted molar refractivity (Wildman–Crippen MR) is 186 cm³/mol. The monoisotopic (exact) mass is 771 g/mol. The number of halogens is 3. The molecular formula is C34H28Cl2FN5O7S2. The second-order valence-electron chi connectivity index (χ2n) is 11.7. The zero-order chi connectivity index (χ0) is 36.4. The highest BCUT2D eigenvalue weighted by atomic mass is 35.5. The summed E-state index contributed by atoms with van der Waals surface area (Å²) in [6, 6.07) is 10.9. The normalized spacial score (nSPS) is 19.2. The van der Waals surface area contributed by atoms with Gasteiger partial charge in [0.2, 0.25) is 18.4 Å². The average molecular weight is 773 g/mol. The first-order chi connectivity index (χ1) is 24.4. The fourth-order valence-electron chi connectivity index (χ4n) is 5.84. The number of phenols is 1. The molecule has 2 atom stereocenters. The van der Waals surface area contributed by atoms with Gasteiger partial charge in [-0.15, -0.1) is 23.5 Å². The molecule has 3 aliphatic heterocycles. The van der Waals surface area contributed by atoms with Crippen LogP contribution in [0.2, 0.25) is 10.0 Å². The van der Waals surface area contributed by atoms with Gasteiger partial charge in [0.05, 0.1) is 27.5 Å². The summed E-state index contributed by atoms with van der Waals surface area (Å²) < 4.78 is 15.2. The van der Waals surface area contributed by atoms with Crippen LogP contribution in [0.15, 0.2) is 88.2 Å². The molecule has 4 amide bonds. The van der Waals surface area contributed by atoms with E-state index in [4.69, 9.17) is 23.2 Å². The Bertz CT molecular complexity index is 2030. The van der Waals surface area contributed by atoms with E-state index in [1.807, 2.05) is 0 Å². The lowest BCUT2D eigenvalue weighted by Crippen LogP contribution is -2.71. The summed E-state index contributed by atoms with van der Waals surface area (Å²) >= 11 is 14.5. The van der Waals surface area contributed by atoms with E-state index in [1.54, 1.807) is 47.3 Å². The van der Waals surface area contributed by atoms with Crippen molar-refractivity contribution in [3.05, 3.63) is 105 Å². The maximum Gasteiger partial charge on any atom is 0.290 e. The number of anilines is 1. The van der Waals surface area contributed by atoms with Gasteiger partial charge in [0.15, 0.2) is 24.0 Å². The number of aromatic hydroxyl groups is 1.